The van der Waals surface area contributed by atoms with Gasteiger partial charge in [0.1, 0.15) is 11.6 Å². The van der Waals surface area contributed by atoms with Crippen LogP contribution in [-0.2, 0) is 0 Å². The minimum absolute atomic E-state index is 0.167. The molecular weight excluding hydrogens is 422 g/mol. The maximum absolute atomic E-state index is 13.9. The molecule has 0 aliphatic rings. The molecule has 0 radical (unpaired) electrons. The second-order valence-corrected chi connectivity index (χ2v) is 6.91. The molecule has 5 nitrogen and oxygen atoms in total. The van der Waals surface area contributed by atoms with Crippen LogP contribution < -0.4 is 10.6 Å². The predicted molar refractivity (Wildman–Crippen MR) is 117 cm³/mol. The molecule has 0 aliphatic carbocycles. The van der Waals surface area contributed by atoms with Crippen molar-refractivity contribution in [1.29, 1.82) is 0 Å². The second-order valence-electron chi connectivity index (χ2n) is 6.51. The van der Waals surface area contributed by atoms with Gasteiger partial charge < -0.3 is 10.6 Å². The second kappa shape index (κ2) is 8.89. The molecule has 0 atom stereocenters. The lowest BCUT2D eigenvalue weighted by Crippen LogP contribution is -2.21. The molecule has 0 saturated heterocycles. The van der Waals surface area contributed by atoms with E-state index in [0.29, 0.717) is 28.2 Å². The quantitative estimate of drug-likeness (QED) is 0.389. The van der Waals surface area contributed by atoms with Crippen LogP contribution in [0.5, 0.6) is 0 Å². The van der Waals surface area contributed by atoms with Gasteiger partial charge in [-0.3, -0.25) is 0 Å². The number of halogens is 3. The molecule has 31 heavy (non-hydrogen) atoms. The van der Waals surface area contributed by atoms with Gasteiger partial charge in [0, 0.05) is 17.2 Å². The highest BCUT2D eigenvalue weighted by molar-refractivity contribution is 6.33. The van der Waals surface area contributed by atoms with Crippen molar-refractivity contribution in [2.75, 3.05) is 10.6 Å². The van der Waals surface area contributed by atoms with Gasteiger partial charge in [-0.05, 0) is 18.2 Å². The summed E-state index contributed by atoms with van der Waals surface area (Å²) in [5.74, 6) is -1.18. The Kier molecular flexibility index (Phi) is 5.86. The van der Waals surface area contributed by atoms with Gasteiger partial charge in [0.05, 0.1) is 28.3 Å². The Labute approximate surface area is 181 Å². The Bertz CT molecular complexity index is 1250. The van der Waals surface area contributed by atoms with Gasteiger partial charge in [-0.1, -0.05) is 60.1 Å². The smallest absolute Gasteiger partial charge is 0.305 e. The Hall–Kier alpha value is -3.84. The molecule has 4 rings (SSSR count). The van der Waals surface area contributed by atoms with E-state index in [2.05, 4.69) is 20.6 Å². The van der Waals surface area contributed by atoms with Crippen LogP contribution in [0.3, 0.4) is 0 Å². The number of aromatic nitrogens is 2. The first-order valence-corrected chi connectivity index (χ1v) is 9.59. The van der Waals surface area contributed by atoms with Crippen molar-refractivity contribution in [3.8, 4) is 22.6 Å². The molecule has 8 heteroatoms. The van der Waals surface area contributed by atoms with Crippen LogP contribution in [-0.4, -0.2) is 16.0 Å². The van der Waals surface area contributed by atoms with Gasteiger partial charge >= 0.3 is 6.03 Å². The molecule has 4 aromatic rings. The average Bonchev–Trinajstić information content (AvgIpc) is 2.77. The van der Waals surface area contributed by atoms with Crippen molar-refractivity contribution in [1.82, 2.24) is 9.97 Å². The summed E-state index contributed by atoms with van der Waals surface area (Å²) >= 11 is 6.36. The van der Waals surface area contributed by atoms with Crippen LogP contribution in [0.4, 0.5) is 25.0 Å². The zero-order valence-corrected chi connectivity index (χ0v) is 16.7. The highest BCUT2D eigenvalue weighted by Crippen LogP contribution is 2.33. The highest BCUT2D eigenvalue weighted by Gasteiger charge is 2.16. The molecule has 0 aliphatic heterocycles. The van der Waals surface area contributed by atoms with Crippen molar-refractivity contribution < 1.29 is 13.6 Å². The molecule has 154 valence electrons. The monoisotopic (exact) mass is 436 g/mol. The van der Waals surface area contributed by atoms with Gasteiger partial charge in [0.2, 0.25) is 0 Å². The maximum Gasteiger partial charge on any atom is 0.323 e. The van der Waals surface area contributed by atoms with E-state index in [9.17, 15) is 13.6 Å². The number of amides is 2. The molecule has 0 saturated carbocycles. The van der Waals surface area contributed by atoms with Crippen LogP contribution in [0.2, 0.25) is 5.02 Å². The summed E-state index contributed by atoms with van der Waals surface area (Å²) in [6.07, 6.45) is 1.45. The number of benzene rings is 3. The molecule has 3 aromatic carbocycles. The normalized spacial score (nSPS) is 10.5. The number of hydrogen-bond acceptors (Lipinski definition) is 3. The number of nitrogens with zero attached hydrogens (tertiary/aromatic N) is 2. The topological polar surface area (TPSA) is 66.9 Å². The Balaban J connectivity index is 1.69. The van der Waals surface area contributed by atoms with Gasteiger partial charge in [-0.15, -0.1) is 0 Å². The van der Waals surface area contributed by atoms with E-state index in [0.717, 1.165) is 17.7 Å². The van der Waals surface area contributed by atoms with Gasteiger partial charge in [0.25, 0.3) is 0 Å². The number of carbonyl (C=O) groups is 1. The van der Waals surface area contributed by atoms with Crippen LogP contribution in [0.15, 0.2) is 79.0 Å². The van der Waals surface area contributed by atoms with Crippen LogP contribution in [0.1, 0.15) is 0 Å². The predicted octanol–water partition coefficient (Wildman–Crippen LogP) is 6.39. The van der Waals surface area contributed by atoms with Crippen molar-refractivity contribution in [3.05, 3.63) is 95.7 Å². The van der Waals surface area contributed by atoms with Crippen molar-refractivity contribution in [2.45, 2.75) is 0 Å². The van der Waals surface area contributed by atoms with Crippen LogP contribution >= 0.6 is 11.6 Å². The van der Waals surface area contributed by atoms with E-state index in [1.54, 1.807) is 24.3 Å². The van der Waals surface area contributed by atoms with E-state index in [1.165, 1.54) is 6.20 Å². The Morgan fingerprint density at radius 2 is 1.58 bits per heavy atom. The van der Waals surface area contributed by atoms with E-state index >= 15 is 0 Å². The first-order valence-electron chi connectivity index (χ1n) is 9.21. The van der Waals surface area contributed by atoms with Crippen LogP contribution in [0.25, 0.3) is 22.6 Å². The van der Waals surface area contributed by atoms with E-state index in [4.69, 9.17) is 11.6 Å². The summed E-state index contributed by atoms with van der Waals surface area (Å²) in [6, 6.07) is 18.5. The molecule has 2 amide bonds. The first-order chi connectivity index (χ1) is 15.0. The minimum Gasteiger partial charge on any atom is -0.305 e. The SMILES string of the molecule is O=C(Nc1ccc(F)cc1F)Nc1cnc(-c2ccccc2)nc1-c1ccccc1Cl. The van der Waals surface area contributed by atoms with Gasteiger partial charge in [-0.2, -0.15) is 0 Å². The number of nitrogens with one attached hydrogen (secondary N) is 2. The summed E-state index contributed by atoms with van der Waals surface area (Å²) in [6.45, 7) is 0. The molecule has 1 heterocycles. The lowest BCUT2D eigenvalue weighted by atomic mass is 10.1. The third-order valence-corrected chi connectivity index (χ3v) is 4.71. The number of carbonyl (C=O) groups excluding carboxylic acids is 1. The lowest BCUT2D eigenvalue weighted by molar-refractivity contribution is 0.262. The van der Waals surface area contributed by atoms with Crippen molar-refractivity contribution >= 4 is 29.0 Å². The van der Waals surface area contributed by atoms with E-state index < -0.39 is 17.7 Å². The van der Waals surface area contributed by atoms with Gasteiger partial charge in [0.15, 0.2) is 5.82 Å². The average molecular weight is 437 g/mol. The summed E-state index contributed by atoms with van der Waals surface area (Å²) in [5.41, 5.74) is 1.88. The maximum atomic E-state index is 13.9. The number of hydrogen-bond donors (Lipinski definition) is 2. The third kappa shape index (κ3) is 4.67. The standard InChI is InChI=1S/C23H15ClF2N4O/c24-17-9-5-4-8-16(17)21-20(13-27-22(30-21)14-6-2-1-3-7-14)29-23(31)28-19-11-10-15(25)12-18(19)26/h1-13H,(H2,28,29,31). The summed E-state index contributed by atoms with van der Waals surface area (Å²) < 4.78 is 27.0. The fourth-order valence-electron chi connectivity index (χ4n) is 2.92. The number of rotatable bonds is 4. The Morgan fingerprint density at radius 1 is 0.871 bits per heavy atom. The molecule has 0 spiro atoms. The molecule has 1 aromatic heterocycles. The van der Waals surface area contributed by atoms with Crippen LogP contribution in [0, 0.1) is 11.6 Å². The highest BCUT2D eigenvalue weighted by atomic mass is 35.5. The molecular formula is C23H15ClF2N4O. The molecule has 0 unspecified atom stereocenters. The molecule has 2 N–H and O–H groups in total. The summed E-state index contributed by atoms with van der Waals surface area (Å²) in [5, 5.41) is 5.39. The lowest BCUT2D eigenvalue weighted by Gasteiger charge is -2.14. The van der Waals surface area contributed by atoms with Gasteiger partial charge in [-0.25, -0.2) is 23.5 Å². The van der Waals surface area contributed by atoms with Crippen molar-refractivity contribution in [3.63, 3.8) is 0 Å². The zero-order valence-electron chi connectivity index (χ0n) is 15.9. The fourth-order valence-corrected chi connectivity index (χ4v) is 3.15. The largest absolute Gasteiger partial charge is 0.323 e. The van der Waals surface area contributed by atoms with Crippen molar-refractivity contribution in [2.24, 2.45) is 0 Å². The molecule has 0 bridgehead atoms. The summed E-state index contributed by atoms with van der Waals surface area (Å²) in [4.78, 5) is 21.4. The summed E-state index contributed by atoms with van der Waals surface area (Å²) in [7, 11) is 0. The third-order valence-electron chi connectivity index (χ3n) is 4.38. The fraction of sp³-hybridized carbons (Fsp3) is 0. The molecule has 0 fully saturated rings. The number of anilines is 2. The zero-order chi connectivity index (χ0) is 21.8. The Morgan fingerprint density at radius 3 is 2.32 bits per heavy atom. The minimum atomic E-state index is -0.892. The first kappa shape index (κ1) is 20.4. The number of urea groups is 1. The van der Waals surface area contributed by atoms with E-state index in [-0.39, 0.29) is 11.4 Å². The van der Waals surface area contributed by atoms with E-state index in [1.807, 2.05) is 30.3 Å².